The van der Waals surface area contributed by atoms with Gasteiger partial charge in [0.1, 0.15) is 6.10 Å². The Labute approximate surface area is 380 Å². The van der Waals surface area contributed by atoms with Gasteiger partial charge in [0.2, 0.25) is 5.91 Å². The molecule has 3 N–H and O–H groups in total. The van der Waals surface area contributed by atoms with Gasteiger partial charge in [0.25, 0.3) is 0 Å². The van der Waals surface area contributed by atoms with Crippen molar-refractivity contribution in [3.63, 3.8) is 0 Å². The Hall–Kier alpha value is -1.40. The first-order valence-electron chi connectivity index (χ1n) is 27.4. The molecule has 362 valence electrons. The monoisotopic (exact) mass is 862 g/mol. The van der Waals surface area contributed by atoms with E-state index in [2.05, 4.69) is 38.2 Å². The molecule has 61 heavy (non-hydrogen) atoms. The Morgan fingerprint density at radius 1 is 0.459 bits per heavy atom. The molecule has 0 aromatic carbocycles. The van der Waals surface area contributed by atoms with Crippen LogP contribution in [0.15, 0.2) is 12.2 Å². The molecule has 6 heteroatoms. The highest BCUT2D eigenvalue weighted by atomic mass is 16.5. The molecule has 0 aliphatic carbocycles. The van der Waals surface area contributed by atoms with Crippen molar-refractivity contribution in [2.24, 2.45) is 0 Å². The molecule has 0 radical (unpaired) electrons. The number of allylic oxidation sites excluding steroid dienone is 2. The fourth-order valence-electron chi connectivity index (χ4n) is 8.66. The smallest absolute Gasteiger partial charge is 0.306 e. The van der Waals surface area contributed by atoms with E-state index in [-0.39, 0.29) is 24.9 Å². The van der Waals surface area contributed by atoms with Crippen molar-refractivity contribution in [2.45, 2.75) is 322 Å². The van der Waals surface area contributed by atoms with Gasteiger partial charge in [0, 0.05) is 6.42 Å². The molecule has 3 atom stereocenters. The zero-order valence-corrected chi connectivity index (χ0v) is 41.3. The summed E-state index contributed by atoms with van der Waals surface area (Å²) >= 11 is 0. The molecule has 0 bridgehead atoms. The minimum absolute atomic E-state index is 0.0790. The molecule has 1 amide bonds. The number of carbonyl (C=O) groups excluding carboxylic acids is 2. The van der Waals surface area contributed by atoms with Gasteiger partial charge >= 0.3 is 5.97 Å². The molecule has 0 spiro atoms. The number of aliphatic hydroxyl groups excluding tert-OH is 2. The number of aliphatic hydroxyl groups is 2. The molecule has 0 fully saturated rings. The van der Waals surface area contributed by atoms with Gasteiger partial charge in [-0.1, -0.05) is 251 Å². The Kier molecular flexibility index (Phi) is 48.5. The van der Waals surface area contributed by atoms with Crippen LogP contribution in [0.2, 0.25) is 0 Å². The third-order valence-corrected chi connectivity index (χ3v) is 12.8. The highest BCUT2D eigenvalue weighted by Crippen LogP contribution is 2.19. The summed E-state index contributed by atoms with van der Waals surface area (Å²) in [5, 5.41) is 23.8. The first kappa shape index (κ1) is 59.6. The maximum absolute atomic E-state index is 13.2. The Morgan fingerprint density at radius 3 is 1.16 bits per heavy atom. The Balaban J connectivity index is 4.50. The van der Waals surface area contributed by atoms with Crippen LogP contribution in [0, 0.1) is 0 Å². The van der Waals surface area contributed by atoms with Gasteiger partial charge in [-0.2, -0.15) is 0 Å². The van der Waals surface area contributed by atoms with E-state index in [1.807, 2.05) is 0 Å². The van der Waals surface area contributed by atoms with Crippen LogP contribution in [0.25, 0.3) is 0 Å². The normalized spacial score (nSPS) is 13.2. The second kappa shape index (κ2) is 49.6. The quantitative estimate of drug-likeness (QED) is 0.0322. The predicted molar refractivity (Wildman–Crippen MR) is 264 cm³/mol. The highest BCUT2D eigenvalue weighted by molar-refractivity contribution is 5.77. The molecular formula is C55H107NO5. The van der Waals surface area contributed by atoms with Gasteiger partial charge in [-0.25, -0.2) is 0 Å². The van der Waals surface area contributed by atoms with Crippen molar-refractivity contribution in [3.05, 3.63) is 12.2 Å². The van der Waals surface area contributed by atoms with Crippen molar-refractivity contribution in [1.29, 1.82) is 0 Å². The fraction of sp³-hybridized carbons (Fsp3) is 0.927. The molecule has 0 aliphatic heterocycles. The van der Waals surface area contributed by atoms with Crippen LogP contribution in [0.5, 0.6) is 0 Å². The van der Waals surface area contributed by atoms with Gasteiger partial charge in [0.05, 0.1) is 25.2 Å². The van der Waals surface area contributed by atoms with Crippen molar-refractivity contribution >= 4 is 11.9 Å². The number of esters is 1. The second-order valence-corrected chi connectivity index (χ2v) is 19.0. The fourth-order valence-corrected chi connectivity index (χ4v) is 8.66. The number of rotatable bonds is 50. The Morgan fingerprint density at radius 2 is 0.787 bits per heavy atom. The lowest BCUT2D eigenvalue weighted by molar-refractivity contribution is -0.151. The third kappa shape index (κ3) is 45.0. The maximum atomic E-state index is 13.2. The van der Waals surface area contributed by atoms with Crippen LogP contribution < -0.4 is 5.32 Å². The summed E-state index contributed by atoms with van der Waals surface area (Å²) in [6.45, 7) is 6.51. The van der Waals surface area contributed by atoms with E-state index in [0.29, 0.717) is 19.3 Å². The summed E-state index contributed by atoms with van der Waals surface area (Å²) in [6.07, 6.45) is 55.6. The first-order valence-corrected chi connectivity index (χ1v) is 27.4. The van der Waals surface area contributed by atoms with E-state index < -0.39 is 18.2 Å². The van der Waals surface area contributed by atoms with E-state index in [1.54, 1.807) is 0 Å². The first-order chi connectivity index (χ1) is 30.0. The zero-order valence-electron chi connectivity index (χ0n) is 41.3. The van der Waals surface area contributed by atoms with Crippen LogP contribution in [0.1, 0.15) is 303 Å². The van der Waals surface area contributed by atoms with Crippen molar-refractivity contribution < 1.29 is 24.5 Å². The van der Waals surface area contributed by atoms with Gasteiger partial charge in [-0.15, -0.1) is 0 Å². The number of amides is 1. The molecule has 0 aromatic rings. The number of nitrogens with one attached hydrogen (secondary N) is 1. The van der Waals surface area contributed by atoms with Crippen LogP contribution in [-0.4, -0.2) is 46.9 Å². The molecule has 0 aromatic heterocycles. The SMILES string of the molecule is CCCCCCCC/C=C\CCCCCC(=O)OC(CCCCCCCCCCCCCCC)CC(=O)NC(CO)C(O)CCCCCCCCCCCCCCCCCC. The van der Waals surface area contributed by atoms with Crippen LogP contribution in [0.3, 0.4) is 0 Å². The largest absolute Gasteiger partial charge is 0.462 e. The number of ether oxygens (including phenoxy) is 1. The molecule has 0 rings (SSSR count). The van der Waals surface area contributed by atoms with Gasteiger partial charge in [0.15, 0.2) is 0 Å². The molecule has 0 saturated carbocycles. The summed E-state index contributed by atoms with van der Waals surface area (Å²) in [4.78, 5) is 26.2. The number of carbonyl (C=O) groups is 2. The molecular weight excluding hydrogens is 755 g/mol. The lowest BCUT2D eigenvalue weighted by Gasteiger charge is -2.24. The molecule has 3 unspecified atom stereocenters. The molecule has 0 aliphatic rings. The van der Waals surface area contributed by atoms with E-state index >= 15 is 0 Å². The lowest BCUT2D eigenvalue weighted by Crippen LogP contribution is -2.46. The van der Waals surface area contributed by atoms with E-state index in [4.69, 9.17) is 4.74 Å². The van der Waals surface area contributed by atoms with Crippen molar-refractivity contribution in [3.8, 4) is 0 Å². The third-order valence-electron chi connectivity index (χ3n) is 12.8. The number of hydrogen-bond donors (Lipinski definition) is 3. The van der Waals surface area contributed by atoms with E-state index in [0.717, 1.165) is 51.4 Å². The van der Waals surface area contributed by atoms with E-state index in [9.17, 15) is 19.8 Å². The van der Waals surface area contributed by atoms with Crippen LogP contribution in [-0.2, 0) is 14.3 Å². The number of hydrogen-bond acceptors (Lipinski definition) is 5. The van der Waals surface area contributed by atoms with Crippen molar-refractivity contribution in [1.82, 2.24) is 5.32 Å². The van der Waals surface area contributed by atoms with Crippen LogP contribution >= 0.6 is 0 Å². The minimum Gasteiger partial charge on any atom is -0.462 e. The van der Waals surface area contributed by atoms with Crippen LogP contribution in [0.4, 0.5) is 0 Å². The summed E-state index contributed by atoms with van der Waals surface area (Å²) in [7, 11) is 0. The zero-order chi connectivity index (χ0) is 44.5. The second-order valence-electron chi connectivity index (χ2n) is 19.0. The predicted octanol–water partition coefficient (Wildman–Crippen LogP) is 16.5. The van der Waals surface area contributed by atoms with Gasteiger partial charge < -0.3 is 20.3 Å². The number of unbranched alkanes of at least 4 members (excludes halogenated alkanes) is 36. The van der Waals surface area contributed by atoms with Crippen molar-refractivity contribution in [2.75, 3.05) is 6.61 Å². The summed E-state index contributed by atoms with van der Waals surface area (Å²) in [5.41, 5.74) is 0. The van der Waals surface area contributed by atoms with E-state index in [1.165, 1.54) is 205 Å². The molecule has 6 nitrogen and oxygen atoms in total. The lowest BCUT2D eigenvalue weighted by atomic mass is 10.0. The average Bonchev–Trinajstić information content (AvgIpc) is 3.25. The topological polar surface area (TPSA) is 95.9 Å². The van der Waals surface area contributed by atoms with Gasteiger partial charge in [-0.05, 0) is 51.4 Å². The Bertz CT molecular complexity index is 924. The molecule has 0 heterocycles. The highest BCUT2D eigenvalue weighted by Gasteiger charge is 2.24. The standard InChI is InChI=1S/C55H107NO5/c1-4-7-10-13-16-19-22-25-26-27-30-32-35-38-41-44-47-53(58)52(50-57)56-54(59)49-51(46-43-40-37-34-31-28-23-20-17-14-11-8-5-2)61-55(60)48-45-42-39-36-33-29-24-21-18-15-12-9-6-3/h29,33,51-53,57-58H,4-28,30-32,34-50H2,1-3H3,(H,56,59)/b33-29-. The van der Waals surface area contributed by atoms with Gasteiger partial charge in [-0.3, -0.25) is 9.59 Å². The maximum Gasteiger partial charge on any atom is 0.306 e. The average molecular weight is 862 g/mol. The summed E-state index contributed by atoms with van der Waals surface area (Å²) < 4.78 is 5.94. The summed E-state index contributed by atoms with van der Waals surface area (Å²) in [5.74, 6) is -0.473. The summed E-state index contributed by atoms with van der Waals surface area (Å²) in [6, 6.07) is -0.698. The molecule has 0 saturated heterocycles. The minimum atomic E-state index is -0.784.